The fourth-order valence-electron chi connectivity index (χ4n) is 4.71. The predicted molar refractivity (Wildman–Crippen MR) is 124 cm³/mol. The number of rotatable bonds is 8. The Morgan fingerprint density at radius 2 is 1.87 bits per heavy atom. The zero-order valence-corrected chi connectivity index (χ0v) is 18.3. The van der Waals surface area contributed by atoms with E-state index >= 15 is 0 Å². The van der Waals surface area contributed by atoms with Crippen LogP contribution in [0, 0.1) is 0 Å². The zero-order valence-electron chi connectivity index (χ0n) is 18.3. The summed E-state index contributed by atoms with van der Waals surface area (Å²) in [4.78, 5) is 11.5. The molecule has 1 aliphatic rings. The van der Waals surface area contributed by atoms with Gasteiger partial charge >= 0.3 is 5.97 Å². The van der Waals surface area contributed by atoms with Gasteiger partial charge in [0, 0.05) is 12.1 Å². The van der Waals surface area contributed by atoms with Gasteiger partial charge in [0.2, 0.25) is 0 Å². The lowest BCUT2D eigenvalue weighted by atomic mass is 9.96. The van der Waals surface area contributed by atoms with Gasteiger partial charge in [0.25, 0.3) is 0 Å². The van der Waals surface area contributed by atoms with E-state index in [1.165, 1.54) is 21.9 Å². The van der Waals surface area contributed by atoms with E-state index in [-0.39, 0.29) is 12.6 Å². The average molecular weight is 418 g/mol. The Balaban J connectivity index is 1.37. The van der Waals surface area contributed by atoms with Gasteiger partial charge in [-0.05, 0) is 73.1 Å². The summed E-state index contributed by atoms with van der Waals surface area (Å²) in [7, 11) is 0. The van der Waals surface area contributed by atoms with E-state index in [2.05, 4.69) is 66.8 Å². The fourth-order valence-corrected chi connectivity index (χ4v) is 4.71. The molecule has 4 nitrogen and oxygen atoms in total. The van der Waals surface area contributed by atoms with E-state index < -0.39 is 0 Å². The second-order valence-corrected chi connectivity index (χ2v) is 8.33. The summed E-state index contributed by atoms with van der Waals surface area (Å²) in [5.74, 6) is 0.898. The second kappa shape index (κ2) is 9.97. The van der Waals surface area contributed by atoms with Crippen molar-refractivity contribution in [3.63, 3.8) is 0 Å². The summed E-state index contributed by atoms with van der Waals surface area (Å²) >= 11 is 0. The Kier molecular flexibility index (Phi) is 6.88. The van der Waals surface area contributed by atoms with E-state index in [4.69, 9.17) is 9.47 Å². The summed E-state index contributed by atoms with van der Waals surface area (Å²) in [6.07, 6.45) is 3.42. The molecule has 0 saturated heterocycles. The maximum absolute atomic E-state index is 11.5. The molecule has 0 bridgehead atoms. The first-order valence-electron chi connectivity index (χ1n) is 11.3. The zero-order chi connectivity index (χ0) is 21.6. The highest BCUT2D eigenvalue weighted by Gasteiger charge is 2.27. The highest BCUT2D eigenvalue weighted by Crippen LogP contribution is 2.37. The molecular weight excluding hydrogens is 386 g/mol. The number of carbonyl (C=O) groups is 1. The monoisotopic (exact) mass is 417 g/mol. The summed E-state index contributed by atoms with van der Waals surface area (Å²) in [5, 5.41) is 6.48. The lowest BCUT2D eigenvalue weighted by molar-refractivity contribution is -0.145. The van der Waals surface area contributed by atoms with Gasteiger partial charge in [0.1, 0.15) is 5.75 Å². The van der Waals surface area contributed by atoms with Crippen LogP contribution in [0.1, 0.15) is 56.2 Å². The predicted octanol–water partition coefficient (Wildman–Crippen LogP) is 5.77. The van der Waals surface area contributed by atoms with Crippen molar-refractivity contribution in [3.8, 4) is 5.75 Å². The van der Waals surface area contributed by atoms with E-state index in [1.54, 1.807) is 6.92 Å². The second-order valence-electron chi connectivity index (χ2n) is 8.33. The molecule has 0 amide bonds. The molecule has 4 rings (SSSR count). The van der Waals surface area contributed by atoms with Crippen LogP contribution in [0.15, 0.2) is 66.7 Å². The SMILES string of the molecule is CCOC(=O)COc1cccc([C@H]2CC[C@H](N[C@H](C)c3cccc4ccccc34)C2)c1. The molecule has 1 N–H and O–H groups in total. The van der Waals surface area contributed by atoms with Crippen LogP contribution in [0.3, 0.4) is 0 Å². The van der Waals surface area contributed by atoms with Crippen molar-refractivity contribution in [3.05, 3.63) is 77.9 Å². The van der Waals surface area contributed by atoms with Crippen LogP contribution in [-0.2, 0) is 9.53 Å². The summed E-state index contributed by atoms with van der Waals surface area (Å²) < 4.78 is 10.6. The number of hydrogen-bond donors (Lipinski definition) is 1. The first kappa shape index (κ1) is 21.4. The fraction of sp³-hybridized carbons (Fsp3) is 0.370. The van der Waals surface area contributed by atoms with Gasteiger partial charge in [0.05, 0.1) is 6.61 Å². The van der Waals surface area contributed by atoms with Crippen LogP contribution in [-0.4, -0.2) is 25.2 Å². The van der Waals surface area contributed by atoms with Crippen LogP contribution in [0.4, 0.5) is 0 Å². The van der Waals surface area contributed by atoms with E-state index in [0.717, 1.165) is 25.0 Å². The number of nitrogens with one attached hydrogen (secondary N) is 1. The Bertz CT molecular complexity index is 1030. The van der Waals surface area contributed by atoms with Crippen molar-refractivity contribution >= 4 is 16.7 Å². The van der Waals surface area contributed by atoms with Gasteiger partial charge in [-0.3, -0.25) is 0 Å². The standard InChI is InChI=1S/C27H31NO3/c1-3-30-27(29)18-31-24-11-6-10-21(17-24)22-14-15-23(16-22)28-19(2)25-13-7-9-20-8-4-5-12-26(20)25/h4-13,17,19,22-23,28H,3,14-16,18H2,1-2H3/t19-,22+,23+/m1/s1. The number of benzene rings is 3. The van der Waals surface area contributed by atoms with Crippen LogP contribution < -0.4 is 10.1 Å². The molecule has 4 heteroatoms. The third-order valence-corrected chi connectivity index (χ3v) is 6.20. The smallest absolute Gasteiger partial charge is 0.344 e. The van der Waals surface area contributed by atoms with Crippen molar-refractivity contribution in [2.75, 3.05) is 13.2 Å². The topological polar surface area (TPSA) is 47.6 Å². The molecule has 31 heavy (non-hydrogen) atoms. The molecule has 3 aromatic rings. The van der Waals surface area contributed by atoms with Crippen LogP contribution in [0.5, 0.6) is 5.75 Å². The number of fused-ring (bicyclic) bond motifs is 1. The molecular formula is C27H31NO3. The van der Waals surface area contributed by atoms with Crippen LogP contribution >= 0.6 is 0 Å². The summed E-state index contributed by atoms with van der Waals surface area (Å²) in [5.41, 5.74) is 2.64. The highest BCUT2D eigenvalue weighted by atomic mass is 16.6. The molecule has 0 aliphatic heterocycles. The molecule has 0 radical (unpaired) electrons. The van der Waals surface area contributed by atoms with Gasteiger partial charge in [-0.2, -0.15) is 0 Å². The first-order chi connectivity index (χ1) is 15.1. The molecule has 1 fully saturated rings. The summed E-state index contributed by atoms with van der Waals surface area (Å²) in [6.45, 7) is 4.38. The van der Waals surface area contributed by atoms with E-state index in [1.807, 2.05) is 12.1 Å². The molecule has 3 aromatic carbocycles. The molecule has 3 atom stereocenters. The largest absolute Gasteiger partial charge is 0.482 e. The summed E-state index contributed by atoms with van der Waals surface area (Å²) in [6, 6.07) is 24.1. The van der Waals surface area contributed by atoms with Crippen LogP contribution in [0.2, 0.25) is 0 Å². The van der Waals surface area contributed by atoms with Gasteiger partial charge in [-0.25, -0.2) is 4.79 Å². The first-order valence-corrected chi connectivity index (χ1v) is 11.3. The van der Waals surface area contributed by atoms with Crippen molar-refractivity contribution in [2.24, 2.45) is 0 Å². The number of carbonyl (C=O) groups excluding carboxylic acids is 1. The van der Waals surface area contributed by atoms with Crippen molar-refractivity contribution in [2.45, 2.75) is 51.1 Å². The van der Waals surface area contributed by atoms with Crippen LogP contribution in [0.25, 0.3) is 10.8 Å². The molecule has 162 valence electrons. The van der Waals surface area contributed by atoms with Crippen molar-refractivity contribution in [1.29, 1.82) is 0 Å². The third kappa shape index (κ3) is 5.26. The Hall–Kier alpha value is -2.85. The molecule has 0 aromatic heterocycles. The van der Waals surface area contributed by atoms with Crippen molar-refractivity contribution in [1.82, 2.24) is 5.32 Å². The highest BCUT2D eigenvalue weighted by molar-refractivity contribution is 5.86. The van der Waals surface area contributed by atoms with E-state index in [0.29, 0.717) is 24.6 Å². The third-order valence-electron chi connectivity index (χ3n) is 6.20. The quantitative estimate of drug-likeness (QED) is 0.473. The maximum atomic E-state index is 11.5. The number of ether oxygens (including phenoxy) is 2. The van der Waals surface area contributed by atoms with E-state index in [9.17, 15) is 4.79 Å². The van der Waals surface area contributed by atoms with Gasteiger partial charge in [0.15, 0.2) is 6.61 Å². The van der Waals surface area contributed by atoms with Crippen molar-refractivity contribution < 1.29 is 14.3 Å². The minimum absolute atomic E-state index is 0.0469. The lowest BCUT2D eigenvalue weighted by Gasteiger charge is -2.21. The molecule has 0 spiro atoms. The lowest BCUT2D eigenvalue weighted by Crippen LogP contribution is -2.29. The minimum atomic E-state index is -0.333. The molecule has 0 unspecified atom stereocenters. The van der Waals surface area contributed by atoms with Gasteiger partial charge in [-0.15, -0.1) is 0 Å². The number of esters is 1. The molecule has 1 aliphatic carbocycles. The average Bonchev–Trinajstić information content (AvgIpc) is 3.26. The minimum Gasteiger partial charge on any atom is -0.482 e. The normalized spacial score (nSPS) is 19.3. The number of hydrogen-bond acceptors (Lipinski definition) is 4. The molecule has 0 heterocycles. The van der Waals surface area contributed by atoms with Gasteiger partial charge < -0.3 is 14.8 Å². The maximum Gasteiger partial charge on any atom is 0.344 e. The Morgan fingerprint density at radius 3 is 2.74 bits per heavy atom. The molecule has 1 saturated carbocycles. The van der Waals surface area contributed by atoms with Gasteiger partial charge in [-0.1, -0.05) is 54.6 Å². The Morgan fingerprint density at radius 1 is 1.06 bits per heavy atom. The Labute approximate surface area is 184 Å².